The molecule has 4 atom stereocenters. The van der Waals surface area contributed by atoms with E-state index in [0.717, 1.165) is 35.9 Å². The summed E-state index contributed by atoms with van der Waals surface area (Å²) in [6.45, 7) is 9.39. The van der Waals surface area contributed by atoms with Crippen molar-refractivity contribution in [2.45, 2.75) is 70.6 Å². The number of rotatable bonds is 9. The van der Waals surface area contributed by atoms with Crippen LogP contribution in [-0.2, 0) is 16.6 Å². The first-order valence-corrected chi connectivity index (χ1v) is 15.7. The predicted molar refractivity (Wildman–Crippen MR) is 167 cm³/mol. The molecule has 3 aliphatic carbocycles. The number of hydrogen-bond donors (Lipinski definition) is 0. The zero-order valence-electron chi connectivity index (χ0n) is 24.5. The lowest BCUT2D eigenvalue weighted by atomic mass is 9.66. The van der Waals surface area contributed by atoms with Gasteiger partial charge in [-0.25, -0.2) is 0 Å². The third-order valence-electron chi connectivity index (χ3n) is 10.9. The van der Waals surface area contributed by atoms with E-state index in [9.17, 15) is 0 Å². The topological polar surface area (TPSA) is 9.23 Å². The fourth-order valence-electron chi connectivity index (χ4n) is 8.48. The summed E-state index contributed by atoms with van der Waals surface area (Å²) in [4.78, 5) is 0. The Morgan fingerprint density at radius 1 is 0.800 bits per heavy atom. The van der Waals surface area contributed by atoms with Crippen molar-refractivity contribution < 1.29 is 4.74 Å². The molecule has 0 aromatic heterocycles. The van der Waals surface area contributed by atoms with Crippen molar-refractivity contribution in [1.82, 2.24) is 0 Å². The zero-order chi connectivity index (χ0) is 27.5. The van der Waals surface area contributed by atoms with Crippen molar-refractivity contribution in [3.05, 3.63) is 132 Å². The Morgan fingerprint density at radius 2 is 1.35 bits per heavy atom. The molecule has 1 heterocycles. The van der Waals surface area contributed by atoms with E-state index in [1.54, 1.807) is 0 Å². The molecule has 1 nitrogen and oxygen atoms in total. The van der Waals surface area contributed by atoms with E-state index in [2.05, 4.69) is 117 Å². The lowest BCUT2D eigenvalue weighted by molar-refractivity contribution is 0.192. The maximum atomic E-state index is 6.58. The summed E-state index contributed by atoms with van der Waals surface area (Å²) in [5.74, 6) is 6.26. The van der Waals surface area contributed by atoms with Crippen LogP contribution < -0.4 is 0 Å². The number of benzene rings is 3. The molecule has 1 heteroatoms. The molecule has 3 saturated carbocycles. The van der Waals surface area contributed by atoms with Crippen molar-refractivity contribution in [2.75, 3.05) is 0 Å². The predicted octanol–water partition coefficient (Wildman–Crippen LogP) is 10.1. The van der Waals surface area contributed by atoms with Gasteiger partial charge in [0, 0.05) is 11.8 Å². The van der Waals surface area contributed by atoms with Gasteiger partial charge in [0.1, 0.15) is 11.5 Å². The van der Waals surface area contributed by atoms with Crippen molar-refractivity contribution >= 4 is 0 Å². The minimum atomic E-state index is -0.224. The Hall–Kier alpha value is -3.06. The van der Waals surface area contributed by atoms with Crippen LogP contribution in [0.2, 0.25) is 0 Å². The molecule has 1 aliphatic heterocycles. The first-order chi connectivity index (χ1) is 19.5. The molecule has 0 spiro atoms. The molecule has 208 valence electrons. The van der Waals surface area contributed by atoms with Gasteiger partial charge in [0.25, 0.3) is 0 Å². The molecule has 3 aromatic carbocycles. The third-order valence-corrected chi connectivity index (χ3v) is 10.9. The fourth-order valence-corrected chi connectivity index (χ4v) is 8.48. The van der Waals surface area contributed by atoms with Crippen LogP contribution in [0, 0.1) is 35.5 Å². The maximum absolute atomic E-state index is 6.58. The highest BCUT2D eigenvalue weighted by molar-refractivity contribution is 5.44. The van der Waals surface area contributed by atoms with E-state index in [4.69, 9.17) is 4.74 Å². The lowest BCUT2D eigenvalue weighted by Gasteiger charge is -2.35. The van der Waals surface area contributed by atoms with Gasteiger partial charge in [-0.05, 0) is 97.3 Å². The normalized spacial score (nSPS) is 27.1. The van der Waals surface area contributed by atoms with Gasteiger partial charge in [-0.15, -0.1) is 0 Å². The van der Waals surface area contributed by atoms with Crippen LogP contribution in [0.25, 0.3) is 0 Å². The molecule has 0 N–H and O–H groups in total. The summed E-state index contributed by atoms with van der Waals surface area (Å²) in [5, 5.41) is 0. The van der Waals surface area contributed by atoms with E-state index in [1.165, 1.54) is 67.4 Å². The Balaban J connectivity index is 1.22. The van der Waals surface area contributed by atoms with E-state index >= 15 is 0 Å². The Labute approximate surface area is 242 Å². The summed E-state index contributed by atoms with van der Waals surface area (Å²) in [5.41, 5.74) is 3.89. The van der Waals surface area contributed by atoms with Gasteiger partial charge >= 0.3 is 0 Å². The number of allylic oxidation sites excluding steroid dienone is 2. The molecule has 40 heavy (non-hydrogen) atoms. The van der Waals surface area contributed by atoms with Crippen LogP contribution in [0.4, 0.5) is 0 Å². The molecular weight excluding hydrogens is 484 g/mol. The van der Waals surface area contributed by atoms with Gasteiger partial charge in [0.2, 0.25) is 0 Å². The van der Waals surface area contributed by atoms with Crippen molar-refractivity contribution in [1.29, 1.82) is 0 Å². The Bertz CT molecular complexity index is 1240. The summed E-state index contributed by atoms with van der Waals surface area (Å²) >= 11 is 0. The second kappa shape index (κ2) is 11.8. The largest absolute Gasteiger partial charge is 0.466 e. The van der Waals surface area contributed by atoms with E-state index in [0.29, 0.717) is 5.92 Å². The standard InChI is InChI=1S/C39H46O/c1-28(19-20-30-13-7-4-8-14-30)37-26-33(31-21-23-32(37)24-22-31)25-36-27-38(29(2)40-36)39(3,34-15-9-5-10-16-34)35-17-11-6-12-18-35/h4-18,27-28,31-33,37-38H,2,19-26H2,1,3H3. The molecular formula is C39H46O. The molecule has 4 unspecified atom stereocenters. The highest BCUT2D eigenvalue weighted by Crippen LogP contribution is 2.52. The summed E-state index contributed by atoms with van der Waals surface area (Å²) < 4.78 is 6.58. The average molecular weight is 531 g/mol. The van der Waals surface area contributed by atoms with Gasteiger partial charge in [-0.2, -0.15) is 0 Å². The molecule has 3 aromatic rings. The molecule has 2 bridgehead atoms. The van der Waals surface area contributed by atoms with Gasteiger partial charge in [-0.3, -0.25) is 0 Å². The smallest absolute Gasteiger partial charge is 0.105 e. The zero-order valence-corrected chi connectivity index (χ0v) is 24.5. The van der Waals surface area contributed by atoms with E-state index in [-0.39, 0.29) is 11.3 Å². The highest BCUT2D eigenvalue weighted by Gasteiger charge is 2.44. The molecule has 0 saturated heterocycles. The fraction of sp³-hybridized carbons (Fsp3) is 0.436. The molecule has 0 amide bonds. The van der Waals surface area contributed by atoms with Gasteiger partial charge in [-0.1, -0.05) is 111 Å². The minimum Gasteiger partial charge on any atom is -0.466 e. The lowest BCUT2D eigenvalue weighted by Crippen LogP contribution is -2.32. The van der Waals surface area contributed by atoms with Gasteiger partial charge in [0.15, 0.2) is 0 Å². The van der Waals surface area contributed by atoms with Gasteiger partial charge < -0.3 is 4.74 Å². The molecule has 0 radical (unpaired) electrons. The monoisotopic (exact) mass is 530 g/mol. The molecule has 3 fully saturated rings. The van der Waals surface area contributed by atoms with Crippen LogP contribution in [0.5, 0.6) is 0 Å². The highest BCUT2D eigenvalue weighted by atomic mass is 16.5. The van der Waals surface area contributed by atoms with Gasteiger partial charge in [0.05, 0.1) is 5.92 Å². The molecule has 7 rings (SSSR count). The Kier molecular flexibility index (Phi) is 8.01. The minimum absolute atomic E-state index is 0.120. The first kappa shape index (κ1) is 27.1. The molecule has 4 aliphatic rings. The van der Waals surface area contributed by atoms with Crippen molar-refractivity contribution in [3.63, 3.8) is 0 Å². The second-order valence-corrected chi connectivity index (χ2v) is 13.2. The number of hydrogen-bond acceptors (Lipinski definition) is 1. The summed E-state index contributed by atoms with van der Waals surface area (Å²) in [6.07, 6.45) is 13.0. The van der Waals surface area contributed by atoms with Crippen LogP contribution in [0.3, 0.4) is 0 Å². The van der Waals surface area contributed by atoms with Crippen LogP contribution in [0.1, 0.15) is 75.5 Å². The van der Waals surface area contributed by atoms with E-state index in [1.807, 2.05) is 0 Å². The average Bonchev–Trinajstić information content (AvgIpc) is 3.19. The van der Waals surface area contributed by atoms with E-state index < -0.39 is 0 Å². The second-order valence-electron chi connectivity index (χ2n) is 13.2. The van der Waals surface area contributed by atoms with Crippen molar-refractivity contribution in [2.24, 2.45) is 35.5 Å². The quantitative estimate of drug-likeness (QED) is 0.267. The van der Waals surface area contributed by atoms with Crippen LogP contribution >= 0.6 is 0 Å². The summed E-state index contributed by atoms with van der Waals surface area (Å²) in [7, 11) is 0. The number of ether oxygens (including phenoxy) is 1. The summed E-state index contributed by atoms with van der Waals surface area (Å²) in [6, 6.07) is 32.9. The van der Waals surface area contributed by atoms with Crippen LogP contribution in [0.15, 0.2) is 115 Å². The third kappa shape index (κ3) is 5.45. The number of fused-ring (bicyclic) bond motifs is 4. The van der Waals surface area contributed by atoms with Crippen LogP contribution in [-0.4, -0.2) is 0 Å². The first-order valence-electron chi connectivity index (χ1n) is 15.7. The number of aryl methyl sites for hydroxylation is 1. The maximum Gasteiger partial charge on any atom is 0.105 e. The Morgan fingerprint density at radius 3 is 1.95 bits per heavy atom. The van der Waals surface area contributed by atoms with Crippen molar-refractivity contribution in [3.8, 4) is 0 Å². The SMILES string of the molecule is C=C1OC(CC2CC(C(C)CCc3ccccc3)C3CCC2CC3)=CC1C(C)(c1ccccc1)c1ccccc1.